The third kappa shape index (κ3) is 3.86. The highest BCUT2D eigenvalue weighted by molar-refractivity contribution is 7.18. The zero-order valence-electron chi connectivity index (χ0n) is 14.5. The van der Waals surface area contributed by atoms with Crippen molar-refractivity contribution in [1.82, 2.24) is 14.8 Å². The number of para-hydroxylation sites is 1. The van der Waals surface area contributed by atoms with Crippen molar-refractivity contribution in [3.63, 3.8) is 0 Å². The molecule has 26 heavy (non-hydrogen) atoms. The van der Waals surface area contributed by atoms with Gasteiger partial charge in [0.05, 0.1) is 23.2 Å². The zero-order chi connectivity index (χ0) is 17.9. The first-order chi connectivity index (χ1) is 12.7. The molecule has 134 valence electrons. The first kappa shape index (κ1) is 17.0. The molecule has 0 bridgehead atoms. The van der Waals surface area contributed by atoms with Crippen molar-refractivity contribution in [2.75, 3.05) is 26.2 Å². The number of piperazine rings is 1. The summed E-state index contributed by atoms with van der Waals surface area (Å²) in [5.41, 5.74) is 2.00. The molecule has 5 nitrogen and oxygen atoms in total. The number of aromatic hydroxyl groups is 1. The molecule has 0 saturated carbocycles. The van der Waals surface area contributed by atoms with Crippen molar-refractivity contribution in [3.8, 4) is 5.75 Å². The number of aromatic nitrogens is 1. The monoisotopic (exact) mass is 367 g/mol. The lowest BCUT2D eigenvalue weighted by molar-refractivity contribution is -0.132. The van der Waals surface area contributed by atoms with Gasteiger partial charge in [-0.1, -0.05) is 24.3 Å². The maximum atomic E-state index is 12.5. The molecule has 1 N–H and O–H groups in total. The summed E-state index contributed by atoms with van der Waals surface area (Å²) in [7, 11) is 0. The van der Waals surface area contributed by atoms with Crippen LogP contribution in [0.15, 0.2) is 48.5 Å². The predicted octanol–water partition coefficient (Wildman–Crippen LogP) is 2.89. The van der Waals surface area contributed by atoms with Gasteiger partial charge in [-0.2, -0.15) is 0 Å². The molecule has 1 amide bonds. The first-order valence-electron chi connectivity index (χ1n) is 8.80. The zero-order valence-corrected chi connectivity index (χ0v) is 15.3. The van der Waals surface area contributed by atoms with Gasteiger partial charge >= 0.3 is 0 Å². The number of benzene rings is 2. The van der Waals surface area contributed by atoms with Gasteiger partial charge in [0.15, 0.2) is 0 Å². The van der Waals surface area contributed by atoms with E-state index < -0.39 is 0 Å². The van der Waals surface area contributed by atoms with Crippen LogP contribution in [-0.2, 0) is 17.8 Å². The van der Waals surface area contributed by atoms with Crippen molar-refractivity contribution >= 4 is 27.5 Å². The summed E-state index contributed by atoms with van der Waals surface area (Å²) in [4.78, 5) is 21.5. The molecule has 1 fully saturated rings. The summed E-state index contributed by atoms with van der Waals surface area (Å²) in [6.45, 7) is 4.09. The highest BCUT2D eigenvalue weighted by atomic mass is 32.1. The van der Waals surface area contributed by atoms with Gasteiger partial charge in [0.1, 0.15) is 10.8 Å². The van der Waals surface area contributed by atoms with Gasteiger partial charge in [-0.25, -0.2) is 4.98 Å². The van der Waals surface area contributed by atoms with Crippen molar-refractivity contribution in [1.29, 1.82) is 0 Å². The second kappa shape index (κ2) is 7.43. The van der Waals surface area contributed by atoms with Gasteiger partial charge in [-0.05, 0) is 29.8 Å². The molecule has 3 aromatic rings. The Labute approximate surface area is 156 Å². The lowest BCUT2D eigenvalue weighted by Crippen LogP contribution is -2.48. The third-order valence-electron chi connectivity index (χ3n) is 4.71. The number of carbonyl (C=O) groups excluding carboxylic acids is 1. The number of phenols is 1. The number of nitrogens with zero attached hydrogens (tertiary/aromatic N) is 3. The van der Waals surface area contributed by atoms with Crippen LogP contribution in [0.1, 0.15) is 10.6 Å². The van der Waals surface area contributed by atoms with Crippen LogP contribution in [0.4, 0.5) is 0 Å². The molecule has 1 aliphatic rings. The Morgan fingerprint density at radius 2 is 1.77 bits per heavy atom. The molecule has 2 aromatic carbocycles. The molecule has 6 heteroatoms. The molecule has 1 aliphatic heterocycles. The Bertz CT molecular complexity index is 866. The molecule has 4 rings (SSSR count). The predicted molar refractivity (Wildman–Crippen MR) is 103 cm³/mol. The van der Waals surface area contributed by atoms with E-state index >= 15 is 0 Å². The van der Waals surface area contributed by atoms with E-state index in [1.165, 1.54) is 4.70 Å². The number of hydrogen-bond donors (Lipinski definition) is 1. The number of carbonyl (C=O) groups is 1. The summed E-state index contributed by atoms with van der Waals surface area (Å²) in [6.07, 6.45) is 0.387. The number of hydrogen-bond acceptors (Lipinski definition) is 5. The average molecular weight is 367 g/mol. The molecule has 2 heterocycles. The van der Waals surface area contributed by atoms with Crippen molar-refractivity contribution < 1.29 is 9.90 Å². The molecule has 1 aromatic heterocycles. The molecule has 0 aliphatic carbocycles. The van der Waals surface area contributed by atoms with Gasteiger partial charge in [0.2, 0.25) is 5.91 Å². The fourth-order valence-corrected chi connectivity index (χ4v) is 4.24. The molecular formula is C20H21N3O2S. The smallest absolute Gasteiger partial charge is 0.227 e. The third-order valence-corrected chi connectivity index (χ3v) is 5.73. The van der Waals surface area contributed by atoms with Crippen LogP contribution in [0, 0.1) is 0 Å². The number of amides is 1. The van der Waals surface area contributed by atoms with Crippen LogP contribution < -0.4 is 0 Å². The van der Waals surface area contributed by atoms with Gasteiger partial charge in [-0.3, -0.25) is 9.69 Å². The molecule has 1 saturated heterocycles. The van der Waals surface area contributed by atoms with E-state index in [2.05, 4.69) is 17.0 Å². The summed E-state index contributed by atoms with van der Waals surface area (Å²) in [6, 6.07) is 15.1. The van der Waals surface area contributed by atoms with E-state index in [0.29, 0.717) is 6.42 Å². The molecule has 0 atom stereocenters. The maximum Gasteiger partial charge on any atom is 0.227 e. The van der Waals surface area contributed by atoms with Crippen molar-refractivity contribution in [3.05, 3.63) is 59.1 Å². The number of rotatable bonds is 4. The van der Waals surface area contributed by atoms with Crippen molar-refractivity contribution in [2.45, 2.75) is 13.0 Å². The van der Waals surface area contributed by atoms with Crippen LogP contribution in [-0.4, -0.2) is 52.0 Å². The average Bonchev–Trinajstić information content (AvgIpc) is 3.06. The van der Waals surface area contributed by atoms with Crippen molar-refractivity contribution in [2.24, 2.45) is 0 Å². The SMILES string of the molecule is O=C(Cc1ccc(O)cc1)N1CCN(Cc2nc3ccccc3s2)CC1. The lowest BCUT2D eigenvalue weighted by Gasteiger charge is -2.34. The largest absolute Gasteiger partial charge is 0.508 e. The normalized spacial score (nSPS) is 15.5. The minimum atomic E-state index is 0.148. The van der Waals surface area contributed by atoms with Crippen LogP contribution in [0.2, 0.25) is 0 Å². The Morgan fingerprint density at radius 1 is 1.04 bits per heavy atom. The minimum Gasteiger partial charge on any atom is -0.508 e. The maximum absolute atomic E-state index is 12.5. The quantitative estimate of drug-likeness (QED) is 0.770. The van der Waals surface area contributed by atoms with Crippen LogP contribution >= 0.6 is 11.3 Å². The second-order valence-electron chi connectivity index (χ2n) is 6.58. The van der Waals surface area contributed by atoms with E-state index in [-0.39, 0.29) is 11.7 Å². The summed E-state index contributed by atoms with van der Waals surface area (Å²) in [5.74, 6) is 0.375. The van der Waals surface area contributed by atoms with E-state index in [1.807, 2.05) is 17.0 Å². The van der Waals surface area contributed by atoms with Gasteiger partial charge in [0, 0.05) is 26.2 Å². The second-order valence-corrected chi connectivity index (χ2v) is 7.69. The van der Waals surface area contributed by atoms with E-state index in [9.17, 15) is 9.90 Å². The van der Waals surface area contributed by atoms with Crippen LogP contribution in [0.5, 0.6) is 5.75 Å². The Hall–Kier alpha value is -2.44. The molecule has 0 unspecified atom stereocenters. The molecular weight excluding hydrogens is 346 g/mol. The van der Waals surface area contributed by atoms with Gasteiger partial charge in [0.25, 0.3) is 0 Å². The van der Waals surface area contributed by atoms with E-state index in [1.54, 1.807) is 35.6 Å². The Balaban J connectivity index is 1.30. The Kier molecular flexibility index (Phi) is 4.86. The highest BCUT2D eigenvalue weighted by Crippen LogP contribution is 2.23. The number of fused-ring (bicyclic) bond motifs is 1. The first-order valence-corrected chi connectivity index (χ1v) is 9.61. The molecule has 0 radical (unpaired) electrons. The standard InChI is InChI=1S/C20H21N3O2S/c24-16-7-5-15(6-8-16)13-20(25)23-11-9-22(10-12-23)14-19-21-17-3-1-2-4-18(17)26-19/h1-8,24H,9-14H2. The van der Waals surface area contributed by atoms with Gasteiger partial charge in [-0.15, -0.1) is 11.3 Å². The number of phenolic OH excluding ortho intramolecular Hbond substituents is 1. The summed E-state index contributed by atoms with van der Waals surface area (Å²) >= 11 is 1.75. The van der Waals surface area contributed by atoms with Gasteiger partial charge < -0.3 is 10.0 Å². The van der Waals surface area contributed by atoms with E-state index in [0.717, 1.165) is 48.8 Å². The summed E-state index contributed by atoms with van der Waals surface area (Å²) in [5, 5.41) is 10.5. The topological polar surface area (TPSA) is 56.7 Å². The van der Waals surface area contributed by atoms with E-state index in [4.69, 9.17) is 4.98 Å². The molecule has 0 spiro atoms. The minimum absolute atomic E-state index is 0.148. The Morgan fingerprint density at radius 3 is 2.50 bits per heavy atom. The highest BCUT2D eigenvalue weighted by Gasteiger charge is 2.22. The van der Waals surface area contributed by atoms with Crippen LogP contribution in [0.25, 0.3) is 10.2 Å². The summed E-state index contributed by atoms with van der Waals surface area (Å²) < 4.78 is 1.23. The lowest BCUT2D eigenvalue weighted by atomic mass is 10.1. The fraction of sp³-hybridized carbons (Fsp3) is 0.300. The van der Waals surface area contributed by atoms with Crippen LogP contribution in [0.3, 0.4) is 0 Å². The fourth-order valence-electron chi connectivity index (χ4n) is 3.23. The number of thiazole rings is 1.